The standard InChI is InChI=1S/C18H17F3N2O5S/c1-10-3-8-14(29(22,26)27)9-15(10)17(25)28-11(2)16(24)23-13-6-4-12(5-7-13)18(19,20)21/h3-9,11H,1-2H3,(H,23,24)(H2,22,26,27). The Bertz CT molecular complexity index is 1030. The number of carbonyl (C=O) groups excluding carboxylic acids is 2. The number of rotatable bonds is 5. The molecule has 1 amide bonds. The predicted octanol–water partition coefficient (Wildman–Crippen LogP) is 2.85. The fraction of sp³-hybridized carbons (Fsp3) is 0.222. The lowest BCUT2D eigenvalue weighted by Gasteiger charge is -2.15. The molecule has 3 N–H and O–H groups in total. The third kappa shape index (κ3) is 5.78. The number of nitrogens with one attached hydrogen (secondary N) is 1. The van der Waals surface area contributed by atoms with Crippen LogP contribution in [0.2, 0.25) is 0 Å². The topological polar surface area (TPSA) is 116 Å². The summed E-state index contributed by atoms with van der Waals surface area (Å²) >= 11 is 0. The average molecular weight is 430 g/mol. The summed E-state index contributed by atoms with van der Waals surface area (Å²) in [6.07, 6.45) is -5.81. The van der Waals surface area contributed by atoms with Crippen molar-refractivity contribution < 1.29 is 35.9 Å². The summed E-state index contributed by atoms with van der Waals surface area (Å²) in [5.41, 5.74) is -0.484. The van der Waals surface area contributed by atoms with Gasteiger partial charge in [0.15, 0.2) is 6.10 Å². The van der Waals surface area contributed by atoms with Gasteiger partial charge in [0.05, 0.1) is 16.0 Å². The molecule has 1 unspecified atom stereocenters. The number of hydrogen-bond acceptors (Lipinski definition) is 5. The first-order valence-electron chi connectivity index (χ1n) is 8.11. The second kappa shape index (κ2) is 8.21. The SMILES string of the molecule is Cc1ccc(S(N)(=O)=O)cc1C(=O)OC(C)C(=O)Nc1ccc(C(F)(F)F)cc1. The Balaban J connectivity index is 2.09. The van der Waals surface area contributed by atoms with E-state index in [4.69, 9.17) is 9.88 Å². The fourth-order valence-electron chi connectivity index (χ4n) is 2.26. The van der Waals surface area contributed by atoms with Crippen LogP contribution in [0.15, 0.2) is 47.4 Å². The zero-order chi connectivity index (χ0) is 22.0. The van der Waals surface area contributed by atoms with Crippen molar-refractivity contribution in [2.75, 3.05) is 5.32 Å². The van der Waals surface area contributed by atoms with Gasteiger partial charge in [-0.3, -0.25) is 4.79 Å². The van der Waals surface area contributed by atoms with Crippen molar-refractivity contribution in [3.8, 4) is 0 Å². The third-order valence-electron chi connectivity index (χ3n) is 3.89. The second-order valence-corrected chi connectivity index (χ2v) is 7.70. The third-order valence-corrected chi connectivity index (χ3v) is 4.80. The Labute approximate surface area is 164 Å². The zero-order valence-electron chi connectivity index (χ0n) is 15.3. The number of esters is 1. The molecule has 0 fully saturated rings. The molecule has 11 heteroatoms. The number of sulfonamides is 1. The summed E-state index contributed by atoms with van der Waals surface area (Å²) in [5, 5.41) is 7.36. The lowest BCUT2D eigenvalue weighted by atomic mass is 10.1. The van der Waals surface area contributed by atoms with Crippen LogP contribution in [-0.2, 0) is 25.7 Å². The number of ether oxygens (including phenoxy) is 1. The molecular formula is C18H17F3N2O5S. The number of alkyl halides is 3. The Kier molecular flexibility index (Phi) is 6.34. The molecule has 7 nitrogen and oxygen atoms in total. The van der Waals surface area contributed by atoms with E-state index in [1.807, 2.05) is 0 Å². The van der Waals surface area contributed by atoms with Gasteiger partial charge in [-0.15, -0.1) is 0 Å². The van der Waals surface area contributed by atoms with E-state index in [2.05, 4.69) is 5.32 Å². The highest BCUT2D eigenvalue weighted by molar-refractivity contribution is 7.89. The molecule has 0 saturated carbocycles. The van der Waals surface area contributed by atoms with Crippen LogP contribution in [0.4, 0.5) is 18.9 Å². The van der Waals surface area contributed by atoms with Gasteiger partial charge in [0.2, 0.25) is 10.0 Å². The first kappa shape index (κ1) is 22.4. The lowest BCUT2D eigenvalue weighted by molar-refractivity contribution is -0.137. The minimum atomic E-state index is -4.51. The molecule has 0 spiro atoms. The van der Waals surface area contributed by atoms with Crippen LogP contribution < -0.4 is 10.5 Å². The summed E-state index contributed by atoms with van der Waals surface area (Å²) in [6, 6.07) is 7.35. The number of halogens is 3. The highest BCUT2D eigenvalue weighted by Crippen LogP contribution is 2.29. The summed E-state index contributed by atoms with van der Waals surface area (Å²) in [6.45, 7) is 2.80. The van der Waals surface area contributed by atoms with E-state index in [9.17, 15) is 31.2 Å². The molecule has 0 aromatic heterocycles. The van der Waals surface area contributed by atoms with Crippen molar-refractivity contribution in [2.24, 2.45) is 5.14 Å². The molecule has 0 aliphatic heterocycles. The summed E-state index contributed by atoms with van der Waals surface area (Å²) in [7, 11) is -4.04. The highest BCUT2D eigenvalue weighted by Gasteiger charge is 2.30. The molecule has 0 aliphatic carbocycles. The van der Waals surface area contributed by atoms with Gasteiger partial charge in [-0.05, 0) is 55.8 Å². The molecule has 2 rings (SSSR count). The maximum Gasteiger partial charge on any atom is 0.416 e. The molecule has 0 heterocycles. The maximum absolute atomic E-state index is 12.6. The van der Waals surface area contributed by atoms with Gasteiger partial charge < -0.3 is 10.1 Å². The van der Waals surface area contributed by atoms with Gasteiger partial charge in [-0.2, -0.15) is 13.2 Å². The van der Waals surface area contributed by atoms with Gasteiger partial charge in [-0.25, -0.2) is 18.4 Å². The van der Waals surface area contributed by atoms with Crippen LogP contribution in [-0.4, -0.2) is 26.4 Å². The predicted molar refractivity (Wildman–Crippen MR) is 97.5 cm³/mol. The number of aryl methyl sites for hydroxylation is 1. The minimum absolute atomic E-state index is 0.0818. The molecule has 0 radical (unpaired) electrons. The number of anilines is 1. The maximum atomic E-state index is 12.6. The van der Waals surface area contributed by atoms with Crippen molar-refractivity contribution in [3.63, 3.8) is 0 Å². The van der Waals surface area contributed by atoms with E-state index >= 15 is 0 Å². The Morgan fingerprint density at radius 1 is 1.10 bits per heavy atom. The average Bonchev–Trinajstić information content (AvgIpc) is 2.60. The van der Waals surface area contributed by atoms with Gasteiger partial charge in [0, 0.05) is 5.69 Å². The van der Waals surface area contributed by atoms with Crippen molar-refractivity contribution >= 4 is 27.6 Å². The van der Waals surface area contributed by atoms with Gasteiger partial charge >= 0.3 is 12.1 Å². The van der Waals surface area contributed by atoms with Crippen LogP contribution in [0.1, 0.15) is 28.4 Å². The first-order chi connectivity index (χ1) is 13.3. The van der Waals surface area contributed by atoms with Crippen molar-refractivity contribution in [2.45, 2.75) is 31.0 Å². The second-order valence-electron chi connectivity index (χ2n) is 6.13. The summed E-state index contributed by atoms with van der Waals surface area (Å²) < 4.78 is 65.6. The Hall–Kier alpha value is -2.92. The molecule has 0 aliphatic rings. The van der Waals surface area contributed by atoms with Crippen molar-refractivity contribution in [1.29, 1.82) is 0 Å². The number of carbonyl (C=O) groups is 2. The van der Waals surface area contributed by atoms with E-state index in [1.54, 1.807) is 0 Å². The fourth-order valence-corrected chi connectivity index (χ4v) is 2.80. The molecule has 0 bridgehead atoms. The highest BCUT2D eigenvalue weighted by atomic mass is 32.2. The molecule has 1 atom stereocenters. The molecule has 29 heavy (non-hydrogen) atoms. The lowest BCUT2D eigenvalue weighted by Crippen LogP contribution is -2.30. The van der Waals surface area contributed by atoms with Crippen LogP contribution in [0.3, 0.4) is 0 Å². The van der Waals surface area contributed by atoms with E-state index in [0.717, 1.165) is 30.3 Å². The number of benzene rings is 2. The molecule has 156 valence electrons. The van der Waals surface area contributed by atoms with Crippen LogP contribution in [0, 0.1) is 6.92 Å². The van der Waals surface area contributed by atoms with Crippen LogP contribution >= 0.6 is 0 Å². The van der Waals surface area contributed by atoms with E-state index in [-0.39, 0.29) is 16.1 Å². The number of amides is 1. The number of hydrogen-bond donors (Lipinski definition) is 2. The molecule has 2 aromatic rings. The van der Waals surface area contributed by atoms with Gasteiger partial charge in [-0.1, -0.05) is 6.07 Å². The molecule has 2 aromatic carbocycles. The largest absolute Gasteiger partial charge is 0.449 e. The number of nitrogens with two attached hydrogens (primary N) is 1. The minimum Gasteiger partial charge on any atom is -0.449 e. The van der Waals surface area contributed by atoms with Gasteiger partial charge in [0.25, 0.3) is 5.91 Å². The van der Waals surface area contributed by atoms with E-state index in [1.165, 1.54) is 26.0 Å². The smallest absolute Gasteiger partial charge is 0.416 e. The Morgan fingerprint density at radius 3 is 2.21 bits per heavy atom. The molecule has 0 saturated heterocycles. The van der Waals surface area contributed by atoms with E-state index < -0.39 is 39.7 Å². The zero-order valence-corrected chi connectivity index (χ0v) is 16.1. The molecular weight excluding hydrogens is 413 g/mol. The monoisotopic (exact) mass is 430 g/mol. The first-order valence-corrected chi connectivity index (χ1v) is 9.66. The summed E-state index contributed by atoms with van der Waals surface area (Å²) in [4.78, 5) is 24.2. The van der Waals surface area contributed by atoms with Crippen molar-refractivity contribution in [1.82, 2.24) is 0 Å². The van der Waals surface area contributed by atoms with Crippen LogP contribution in [0.25, 0.3) is 0 Å². The normalized spacial score (nSPS) is 12.9. The Morgan fingerprint density at radius 2 is 1.69 bits per heavy atom. The van der Waals surface area contributed by atoms with Gasteiger partial charge in [0.1, 0.15) is 0 Å². The summed E-state index contributed by atoms with van der Waals surface area (Å²) in [5.74, 6) is -1.73. The van der Waals surface area contributed by atoms with Crippen molar-refractivity contribution in [3.05, 3.63) is 59.2 Å². The van der Waals surface area contributed by atoms with Crippen LogP contribution in [0.5, 0.6) is 0 Å². The number of primary sulfonamides is 1. The quantitative estimate of drug-likeness (QED) is 0.708. The van der Waals surface area contributed by atoms with E-state index in [0.29, 0.717) is 5.56 Å².